The van der Waals surface area contributed by atoms with E-state index in [4.69, 9.17) is 9.84 Å². The van der Waals surface area contributed by atoms with Crippen molar-refractivity contribution in [3.63, 3.8) is 0 Å². The summed E-state index contributed by atoms with van der Waals surface area (Å²) in [4.78, 5) is 19.3. The second-order valence-corrected chi connectivity index (χ2v) is 4.73. The number of aliphatic carboxylic acids is 1. The predicted molar refractivity (Wildman–Crippen MR) is 62.5 cm³/mol. The standard InChI is InChI=1S/C12H15N3O3/c16-12(17)10-4-7(5-13-10)18-11-8-2-1-3-9(8)14-6-15-11/h6-7,10,13H,1-5H2,(H,16,17). The van der Waals surface area contributed by atoms with Crippen LogP contribution in [0, 0.1) is 0 Å². The van der Waals surface area contributed by atoms with Crippen LogP contribution in [-0.2, 0) is 17.6 Å². The quantitative estimate of drug-likeness (QED) is 0.793. The topological polar surface area (TPSA) is 84.3 Å². The normalized spacial score (nSPS) is 26.0. The molecule has 6 heteroatoms. The van der Waals surface area contributed by atoms with Crippen LogP contribution in [0.25, 0.3) is 0 Å². The van der Waals surface area contributed by atoms with E-state index in [9.17, 15) is 4.79 Å². The second-order valence-electron chi connectivity index (χ2n) is 4.73. The van der Waals surface area contributed by atoms with Crippen molar-refractivity contribution in [2.75, 3.05) is 6.54 Å². The molecule has 1 saturated heterocycles. The van der Waals surface area contributed by atoms with E-state index < -0.39 is 12.0 Å². The van der Waals surface area contributed by atoms with Gasteiger partial charge in [-0.1, -0.05) is 0 Å². The largest absolute Gasteiger partial charge is 0.480 e. The molecule has 1 aliphatic heterocycles. The molecule has 2 unspecified atom stereocenters. The summed E-state index contributed by atoms with van der Waals surface area (Å²) in [5, 5.41) is 11.8. The maximum atomic E-state index is 10.8. The highest BCUT2D eigenvalue weighted by Gasteiger charge is 2.31. The molecule has 0 amide bonds. The lowest BCUT2D eigenvalue weighted by Gasteiger charge is -2.13. The third-order valence-corrected chi connectivity index (χ3v) is 3.50. The van der Waals surface area contributed by atoms with E-state index in [1.165, 1.54) is 6.33 Å². The van der Waals surface area contributed by atoms with Crippen molar-refractivity contribution in [3.8, 4) is 5.88 Å². The number of hydrogen-bond donors (Lipinski definition) is 2. The van der Waals surface area contributed by atoms with Gasteiger partial charge in [-0.15, -0.1) is 0 Å². The highest BCUT2D eigenvalue weighted by molar-refractivity contribution is 5.73. The van der Waals surface area contributed by atoms with Crippen molar-refractivity contribution < 1.29 is 14.6 Å². The minimum Gasteiger partial charge on any atom is -0.480 e. The average Bonchev–Trinajstić information content (AvgIpc) is 2.97. The molecule has 1 aromatic heterocycles. The number of fused-ring (bicyclic) bond motifs is 1. The molecule has 96 valence electrons. The molecular weight excluding hydrogens is 234 g/mol. The number of aromatic nitrogens is 2. The van der Waals surface area contributed by atoms with Gasteiger partial charge in [0.1, 0.15) is 18.5 Å². The van der Waals surface area contributed by atoms with Crippen molar-refractivity contribution in [3.05, 3.63) is 17.6 Å². The average molecular weight is 249 g/mol. The number of carboxylic acid groups (broad SMARTS) is 1. The van der Waals surface area contributed by atoms with Crippen LogP contribution >= 0.6 is 0 Å². The number of aryl methyl sites for hydroxylation is 1. The summed E-state index contributed by atoms with van der Waals surface area (Å²) in [5.74, 6) is -0.190. The molecule has 2 heterocycles. The number of rotatable bonds is 3. The van der Waals surface area contributed by atoms with Crippen LogP contribution < -0.4 is 10.1 Å². The Morgan fingerprint density at radius 1 is 1.44 bits per heavy atom. The van der Waals surface area contributed by atoms with Gasteiger partial charge in [-0.2, -0.15) is 0 Å². The number of ether oxygens (including phenoxy) is 1. The smallest absolute Gasteiger partial charge is 0.320 e. The molecule has 0 saturated carbocycles. The predicted octanol–water partition coefficient (Wildman–Crippen LogP) is 0.159. The Balaban J connectivity index is 1.71. The van der Waals surface area contributed by atoms with Crippen LogP contribution in [-0.4, -0.2) is 39.7 Å². The van der Waals surface area contributed by atoms with Gasteiger partial charge in [0.05, 0.1) is 5.69 Å². The molecule has 1 fully saturated rings. The van der Waals surface area contributed by atoms with Gasteiger partial charge in [0.25, 0.3) is 0 Å². The zero-order valence-electron chi connectivity index (χ0n) is 9.93. The molecular formula is C12H15N3O3. The van der Waals surface area contributed by atoms with Crippen LogP contribution in [0.2, 0.25) is 0 Å². The van der Waals surface area contributed by atoms with E-state index >= 15 is 0 Å². The van der Waals surface area contributed by atoms with Gasteiger partial charge in [0, 0.05) is 18.5 Å². The Bertz CT molecular complexity index is 478. The van der Waals surface area contributed by atoms with Crippen LogP contribution in [0.3, 0.4) is 0 Å². The van der Waals surface area contributed by atoms with Crippen LogP contribution in [0.15, 0.2) is 6.33 Å². The summed E-state index contributed by atoms with van der Waals surface area (Å²) >= 11 is 0. The number of carboxylic acids is 1. The summed E-state index contributed by atoms with van der Waals surface area (Å²) in [6.07, 6.45) is 4.91. The zero-order valence-corrected chi connectivity index (χ0v) is 9.93. The molecule has 6 nitrogen and oxygen atoms in total. The van der Waals surface area contributed by atoms with E-state index in [1.807, 2.05) is 0 Å². The molecule has 18 heavy (non-hydrogen) atoms. The summed E-state index contributed by atoms with van der Waals surface area (Å²) in [6, 6.07) is -0.509. The molecule has 2 aliphatic rings. The first-order valence-electron chi connectivity index (χ1n) is 6.19. The maximum Gasteiger partial charge on any atom is 0.320 e. The Hall–Kier alpha value is -1.69. The van der Waals surface area contributed by atoms with Gasteiger partial charge in [-0.3, -0.25) is 4.79 Å². The first-order chi connectivity index (χ1) is 8.74. The van der Waals surface area contributed by atoms with Crippen molar-refractivity contribution in [2.45, 2.75) is 37.8 Å². The summed E-state index contributed by atoms with van der Waals surface area (Å²) in [6.45, 7) is 0.551. The van der Waals surface area contributed by atoms with Gasteiger partial charge < -0.3 is 15.2 Å². The van der Waals surface area contributed by atoms with Crippen molar-refractivity contribution >= 4 is 5.97 Å². The molecule has 2 atom stereocenters. The minimum absolute atomic E-state index is 0.120. The number of carbonyl (C=O) groups is 1. The van der Waals surface area contributed by atoms with Gasteiger partial charge in [-0.25, -0.2) is 9.97 Å². The Labute approximate surface area is 104 Å². The molecule has 0 spiro atoms. The third kappa shape index (κ3) is 2.03. The number of nitrogens with one attached hydrogen (secondary N) is 1. The van der Waals surface area contributed by atoms with E-state index in [1.54, 1.807) is 0 Å². The number of hydrogen-bond acceptors (Lipinski definition) is 5. The van der Waals surface area contributed by atoms with Crippen molar-refractivity contribution in [1.29, 1.82) is 0 Å². The second kappa shape index (κ2) is 4.53. The summed E-state index contributed by atoms with van der Waals surface area (Å²) in [5.41, 5.74) is 2.16. The molecule has 0 bridgehead atoms. The Morgan fingerprint density at radius 3 is 3.11 bits per heavy atom. The monoisotopic (exact) mass is 249 g/mol. The molecule has 1 aliphatic carbocycles. The molecule has 1 aromatic rings. The van der Waals surface area contributed by atoms with E-state index in [0.29, 0.717) is 18.8 Å². The third-order valence-electron chi connectivity index (χ3n) is 3.50. The van der Waals surface area contributed by atoms with Crippen LogP contribution in [0.5, 0.6) is 5.88 Å². The lowest BCUT2D eigenvalue weighted by atomic mass is 10.2. The van der Waals surface area contributed by atoms with E-state index in [0.717, 1.165) is 30.5 Å². The van der Waals surface area contributed by atoms with E-state index in [-0.39, 0.29) is 6.10 Å². The maximum absolute atomic E-state index is 10.8. The fourth-order valence-corrected chi connectivity index (χ4v) is 2.57. The van der Waals surface area contributed by atoms with E-state index in [2.05, 4.69) is 15.3 Å². The molecule has 0 aromatic carbocycles. The Kier molecular flexibility index (Phi) is 2.87. The molecule has 0 radical (unpaired) electrons. The lowest BCUT2D eigenvalue weighted by Crippen LogP contribution is -2.30. The van der Waals surface area contributed by atoms with Gasteiger partial charge >= 0.3 is 5.97 Å². The highest BCUT2D eigenvalue weighted by atomic mass is 16.5. The van der Waals surface area contributed by atoms with Gasteiger partial charge in [0.15, 0.2) is 0 Å². The molecule has 3 rings (SSSR count). The SMILES string of the molecule is O=C(O)C1CC(Oc2ncnc3c2CCC3)CN1. The number of nitrogens with zero attached hydrogens (tertiary/aromatic N) is 2. The van der Waals surface area contributed by atoms with Crippen molar-refractivity contribution in [1.82, 2.24) is 15.3 Å². The Morgan fingerprint density at radius 2 is 2.33 bits per heavy atom. The van der Waals surface area contributed by atoms with Gasteiger partial charge in [0.2, 0.25) is 5.88 Å². The summed E-state index contributed by atoms with van der Waals surface area (Å²) in [7, 11) is 0. The lowest BCUT2D eigenvalue weighted by molar-refractivity contribution is -0.139. The van der Waals surface area contributed by atoms with Crippen molar-refractivity contribution in [2.24, 2.45) is 0 Å². The van der Waals surface area contributed by atoms with Gasteiger partial charge in [-0.05, 0) is 19.3 Å². The van der Waals surface area contributed by atoms with Crippen LogP contribution in [0.1, 0.15) is 24.1 Å². The zero-order chi connectivity index (χ0) is 12.5. The van der Waals surface area contributed by atoms with Crippen LogP contribution in [0.4, 0.5) is 0 Å². The molecule has 2 N–H and O–H groups in total. The first kappa shape index (κ1) is 11.4. The first-order valence-corrected chi connectivity index (χ1v) is 6.19. The minimum atomic E-state index is -0.825. The fourth-order valence-electron chi connectivity index (χ4n) is 2.57. The highest BCUT2D eigenvalue weighted by Crippen LogP contribution is 2.28. The summed E-state index contributed by atoms with van der Waals surface area (Å²) < 4.78 is 5.82. The fraction of sp³-hybridized carbons (Fsp3) is 0.583.